The number of carbonyl (C=O) groups is 2. The zero-order valence-electron chi connectivity index (χ0n) is 17.0. The van der Waals surface area contributed by atoms with Crippen LogP contribution in [0.1, 0.15) is 30.2 Å². The van der Waals surface area contributed by atoms with Crippen LogP contribution in [-0.2, 0) is 35.4 Å². The molecule has 0 bridgehead atoms. The van der Waals surface area contributed by atoms with Crippen molar-refractivity contribution in [2.24, 2.45) is 0 Å². The second-order valence-corrected chi connectivity index (χ2v) is 7.91. The fraction of sp³-hybridized carbons (Fsp3) is 0.333. The van der Waals surface area contributed by atoms with E-state index < -0.39 is 5.97 Å². The monoisotopic (exact) mass is 408 g/mol. The van der Waals surface area contributed by atoms with Crippen LogP contribution in [0.3, 0.4) is 0 Å². The summed E-state index contributed by atoms with van der Waals surface area (Å²) >= 11 is 0. The first-order valence-electron chi connectivity index (χ1n) is 10.3. The number of nitrogens with zero attached hydrogens (tertiary/aromatic N) is 2. The first-order chi connectivity index (χ1) is 14.4. The van der Waals surface area contributed by atoms with E-state index in [-0.39, 0.29) is 24.3 Å². The normalized spacial score (nSPS) is 15.7. The maximum absolute atomic E-state index is 14.0. The van der Waals surface area contributed by atoms with Crippen molar-refractivity contribution in [3.8, 4) is 0 Å². The summed E-state index contributed by atoms with van der Waals surface area (Å²) in [4.78, 5) is 25.7. The molecule has 5 nitrogen and oxygen atoms in total. The van der Waals surface area contributed by atoms with Crippen LogP contribution >= 0.6 is 0 Å². The molecule has 4 rings (SSSR count). The van der Waals surface area contributed by atoms with E-state index in [9.17, 15) is 19.1 Å². The lowest BCUT2D eigenvalue weighted by molar-refractivity contribution is -0.137. The van der Waals surface area contributed by atoms with Gasteiger partial charge in [-0.05, 0) is 55.0 Å². The molecule has 0 saturated carbocycles. The summed E-state index contributed by atoms with van der Waals surface area (Å²) in [6.07, 6.45) is 2.81. The zero-order valence-corrected chi connectivity index (χ0v) is 17.0. The van der Waals surface area contributed by atoms with Gasteiger partial charge in [0.15, 0.2) is 0 Å². The molecule has 0 radical (unpaired) electrons. The number of benzene rings is 2. The largest absolute Gasteiger partial charge is 0.480 e. The lowest BCUT2D eigenvalue weighted by Gasteiger charge is -2.34. The standard InChI is InChI=1S/C24H25FN2O3/c1-16(28)26(12-11-17-5-3-2-4-6-17)19-8-10-23-21(14-19)20-13-18(25)7-9-22(20)27(23)15-24(29)30/h2-7,9,13,19H,8,10-12,14-15H2,1H3,(H,29,30). The molecule has 1 N–H and O–H groups in total. The number of carboxylic acid groups (broad SMARTS) is 1. The minimum Gasteiger partial charge on any atom is -0.480 e. The molecular formula is C24H25FN2O3. The Morgan fingerprint density at radius 1 is 1.20 bits per heavy atom. The van der Waals surface area contributed by atoms with Gasteiger partial charge in [-0.25, -0.2) is 4.39 Å². The number of carbonyl (C=O) groups excluding carboxylic acids is 1. The number of rotatable bonds is 6. The highest BCUT2D eigenvalue weighted by Crippen LogP contribution is 2.34. The molecular weight excluding hydrogens is 383 g/mol. The fourth-order valence-electron chi connectivity index (χ4n) is 4.68. The van der Waals surface area contributed by atoms with E-state index in [1.165, 1.54) is 17.7 Å². The summed E-state index contributed by atoms with van der Waals surface area (Å²) in [5, 5.41) is 10.1. The number of amides is 1. The Balaban J connectivity index is 1.64. The summed E-state index contributed by atoms with van der Waals surface area (Å²) in [5.74, 6) is -1.23. The van der Waals surface area contributed by atoms with Crippen molar-refractivity contribution in [3.05, 3.63) is 71.2 Å². The highest BCUT2D eigenvalue weighted by Gasteiger charge is 2.30. The molecule has 3 aromatic rings. The van der Waals surface area contributed by atoms with Gasteiger partial charge in [-0.1, -0.05) is 30.3 Å². The Morgan fingerprint density at radius 3 is 2.67 bits per heavy atom. The van der Waals surface area contributed by atoms with Crippen molar-refractivity contribution < 1.29 is 19.1 Å². The van der Waals surface area contributed by atoms with Gasteiger partial charge in [0.05, 0.1) is 0 Å². The van der Waals surface area contributed by atoms with Crippen molar-refractivity contribution >= 4 is 22.8 Å². The smallest absolute Gasteiger partial charge is 0.323 e. The van der Waals surface area contributed by atoms with Crippen molar-refractivity contribution in [2.75, 3.05) is 6.54 Å². The molecule has 0 saturated heterocycles. The van der Waals surface area contributed by atoms with Crippen LogP contribution in [0.5, 0.6) is 0 Å². The average molecular weight is 408 g/mol. The first kappa shape index (κ1) is 20.1. The van der Waals surface area contributed by atoms with Gasteiger partial charge in [-0.2, -0.15) is 0 Å². The molecule has 0 fully saturated rings. The Kier molecular flexibility index (Phi) is 5.57. The van der Waals surface area contributed by atoms with Gasteiger partial charge in [0.1, 0.15) is 12.4 Å². The second kappa shape index (κ2) is 8.30. The van der Waals surface area contributed by atoms with Crippen molar-refractivity contribution in [1.82, 2.24) is 9.47 Å². The first-order valence-corrected chi connectivity index (χ1v) is 10.3. The predicted octanol–water partition coefficient (Wildman–Crippen LogP) is 3.81. The van der Waals surface area contributed by atoms with Gasteiger partial charge in [0, 0.05) is 36.1 Å². The average Bonchev–Trinajstić information content (AvgIpc) is 3.01. The lowest BCUT2D eigenvalue weighted by atomic mass is 9.90. The molecule has 30 heavy (non-hydrogen) atoms. The van der Waals surface area contributed by atoms with Gasteiger partial charge in [-0.3, -0.25) is 9.59 Å². The van der Waals surface area contributed by atoms with Crippen LogP contribution in [0.4, 0.5) is 4.39 Å². The number of hydrogen-bond acceptors (Lipinski definition) is 2. The highest BCUT2D eigenvalue weighted by atomic mass is 19.1. The van der Waals surface area contributed by atoms with Gasteiger partial charge >= 0.3 is 5.97 Å². The second-order valence-electron chi connectivity index (χ2n) is 7.91. The Labute approximate surface area is 174 Å². The minimum atomic E-state index is -0.922. The van der Waals surface area contributed by atoms with E-state index in [1.807, 2.05) is 23.1 Å². The van der Waals surface area contributed by atoms with Gasteiger partial charge in [0.25, 0.3) is 0 Å². The van der Waals surface area contributed by atoms with Crippen LogP contribution in [0, 0.1) is 5.82 Å². The molecule has 1 amide bonds. The maximum Gasteiger partial charge on any atom is 0.323 e. The minimum absolute atomic E-state index is 0.0193. The molecule has 6 heteroatoms. The summed E-state index contributed by atoms with van der Waals surface area (Å²) in [6.45, 7) is 2.07. The van der Waals surface area contributed by atoms with Crippen molar-refractivity contribution in [1.29, 1.82) is 0 Å². The van der Waals surface area contributed by atoms with Crippen LogP contribution in [-0.4, -0.2) is 39.0 Å². The predicted molar refractivity (Wildman–Crippen MR) is 113 cm³/mol. The third-order valence-electron chi connectivity index (χ3n) is 6.03. The zero-order chi connectivity index (χ0) is 21.3. The van der Waals surface area contributed by atoms with Crippen LogP contribution in [0.25, 0.3) is 10.9 Å². The Bertz CT molecular complexity index is 1090. The van der Waals surface area contributed by atoms with Gasteiger partial charge in [0.2, 0.25) is 5.91 Å². The van der Waals surface area contributed by atoms with E-state index in [0.717, 1.165) is 35.0 Å². The van der Waals surface area contributed by atoms with Gasteiger partial charge in [-0.15, -0.1) is 0 Å². The fourth-order valence-corrected chi connectivity index (χ4v) is 4.68. The number of halogens is 1. The third kappa shape index (κ3) is 3.95. The van der Waals surface area contributed by atoms with E-state index in [4.69, 9.17) is 0 Å². The topological polar surface area (TPSA) is 62.5 Å². The van der Waals surface area contributed by atoms with Crippen molar-refractivity contribution in [2.45, 2.75) is 45.2 Å². The number of aliphatic carboxylic acids is 1. The van der Waals surface area contributed by atoms with Crippen molar-refractivity contribution in [3.63, 3.8) is 0 Å². The van der Waals surface area contributed by atoms with Crippen LogP contribution < -0.4 is 0 Å². The molecule has 1 aliphatic carbocycles. The molecule has 1 atom stereocenters. The number of hydrogen-bond donors (Lipinski definition) is 1. The molecule has 0 aliphatic heterocycles. The number of carboxylic acids is 1. The lowest BCUT2D eigenvalue weighted by Crippen LogP contribution is -2.43. The Hall–Kier alpha value is -3.15. The third-order valence-corrected chi connectivity index (χ3v) is 6.03. The van der Waals surface area contributed by atoms with E-state index in [1.54, 1.807) is 17.6 Å². The molecule has 2 aromatic carbocycles. The summed E-state index contributed by atoms with van der Waals surface area (Å²) in [7, 11) is 0. The molecule has 0 spiro atoms. The molecule has 156 valence electrons. The molecule has 1 unspecified atom stereocenters. The number of fused-ring (bicyclic) bond motifs is 3. The van der Waals surface area contributed by atoms with E-state index in [2.05, 4.69) is 12.1 Å². The molecule has 1 aromatic heterocycles. The van der Waals surface area contributed by atoms with Crippen LogP contribution in [0.2, 0.25) is 0 Å². The summed E-state index contributed by atoms with van der Waals surface area (Å²) in [6, 6.07) is 14.6. The quantitative estimate of drug-likeness (QED) is 0.675. The SMILES string of the molecule is CC(=O)N(CCc1ccccc1)C1CCc2c(c3cc(F)ccc3n2CC(=O)O)C1. The van der Waals surface area contributed by atoms with Gasteiger partial charge < -0.3 is 14.6 Å². The number of aromatic nitrogens is 1. The van der Waals surface area contributed by atoms with E-state index in [0.29, 0.717) is 19.4 Å². The Morgan fingerprint density at radius 2 is 1.97 bits per heavy atom. The summed E-state index contributed by atoms with van der Waals surface area (Å²) in [5.41, 5.74) is 3.83. The molecule has 1 aliphatic rings. The molecule has 1 heterocycles. The maximum atomic E-state index is 14.0. The highest BCUT2D eigenvalue weighted by molar-refractivity contribution is 5.87. The summed E-state index contributed by atoms with van der Waals surface area (Å²) < 4.78 is 15.8. The van der Waals surface area contributed by atoms with E-state index >= 15 is 0 Å². The van der Waals surface area contributed by atoms with Crippen LogP contribution in [0.15, 0.2) is 48.5 Å².